The fourth-order valence-electron chi connectivity index (χ4n) is 1.19. The van der Waals surface area contributed by atoms with Gasteiger partial charge >= 0.3 is 0 Å². The van der Waals surface area contributed by atoms with Crippen molar-refractivity contribution >= 4 is 0 Å². The molecule has 0 saturated heterocycles. The van der Waals surface area contributed by atoms with E-state index >= 15 is 0 Å². The van der Waals surface area contributed by atoms with Gasteiger partial charge in [0.1, 0.15) is 5.76 Å². The molecule has 0 aromatic rings. The zero-order valence-corrected chi connectivity index (χ0v) is 5.59. The van der Waals surface area contributed by atoms with Crippen molar-refractivity contribution in [3.8, 4) is 0 Å². The molecule has 1 heterocycles. The summed E-state index contributed by atoms with van der Waals surface area (Å²) in [7, 11) is 0. The van der Waals surface area contributed by atoms with Gasteiger partial charge in [-0.3, -0.25) is 0 Å². The van der Waals surface area contributed by atoms with Crippen molar-refractivity contribution in [2.75, 3.05) is 6.79 Å². The van der Waals surface area contributed by atoms with Crippen LogP contribution >= 0.6 is 0 Å². The minimum Gasteiger partial charge on any atom is -0.458 e. The Bertz CT molecular complexity index is 218. The van der Waals surface area contributed by atoms with Gasteiger partial charge in [-0.25, -0.2) is 0 Å². The van der Waals surface area contributed by atoms with E-state index in [1.807, 2.05) is 6.08 Å². The first-order valence-corrected chi connectivity index (χ1v) is 3.32. The van der Waals surface area contributed by atoms with Gasteiger partial charge in [-0.2, -0.15) is 0 Å². The summed E-state index contributed by atoms with van der Waals surface area (Å²) in [6.07, 6.45) is 3.86. The van der Waals surface area contributed by atoms with E-state index in [0.29, 0.717) is 6.79 Å². The quantitative estimate of drug-likeness (QED) is 0.540. The maximum Gasteiger partial charge on any atom is 0.230 e. The van der Waals surface area contributed by atoms with E-state index in [9.17, 15) is 0 Å². The van der Waals surface area contributed by atoms with Crippen LogP contribution in [0.4, 0.5) is 0 Å². The molecule has 0 atom stereocenters. The molecule has 2 rings (SSSR count). The maximum atomic E-state index is 5.62. The third-order valence-corrected chi connectivity index (χ3v) is 1.69. The molecular weight excluding hydrogens is 130 g/mol. The van der Waals surface area contributed by atoms with Crippen molar-refractivity contribution < 1.29 is 9.47 Å². The van der Waals surface area contributed by atoms with Gasteiger partial charge in [-0.15, -0.1) is 0 Å². The molecule has 0 fully saturated rings. The minimum atomic E-state index is 0.333. The second-order valence-corrected chi connectivity index (χ2v) is 2.36. The average Bonchev–Trinajstić information content (AvgIpc) is 2.36. The zero-order valence-electron chi connectivity index (χ0n) is 5.59. The van der Waals surface area contributed by atoms with Gasteiger partial charge in [0, 0.05) is 6.42 Å². The Kier molecular flexibility index (Phi) is 1.09. The molecule has 0 saturated carbocycles. The summed E-state index contributed by atoms with van der Waals surface area (Å²) in [6.45, 7) is 0.333. The largest absolute Gasteiger partial charge is 0.458 e. The van der Waals surface area contributed by atoms with Crippen LogP contribution in [0.2, 0.25) is 0 Å². The van der Waals surface area contributed by atoms with Crippen molar-refractivity contribution in [2.24, 2.45) is 5.73 Å². The van der Waals surface area contributed by atoms with Crippen LogP contribution in [-0.4, -0.2) is 6.79 Å². The highest BCUT2D eigenvalue weighted by molar-refractivity contribution is 5.30. The third kappa shape index (κ3) is 0.667. The van der Waals surface area contributed by atoms with Gasteiger partial charge in [0.05, 0.1) is 5.70 Å². The lowest BCUT2D eigenvalue weighted by atomic mass is 10.1. The molecule has 0 amide bonds. The number of hydrogen-bond acceptors (Lipinski definition) is 3. The summed E-state index contributed by atoms with van der Waals surface area (Å²) in [5, 5.41) is 0. The van der Waals surface area contributed by atoms with E-state index in [1.165, 1.54) is 0 Å². The van der Waals surface area contributed by atoms with Crippen LogP contribution in [0.5, 0.6) is 0 Å². The van der Waals surface area contributed by atoms with E-state index in [4.69, 9.17) is 15.2 Å². The molecule has 1 aliphatic heterocycles. The molecule has 2 N–H and O–H groups in total. The molecule has 0 unspecified atom stereocenters. The number of hydrogen-bond donors (Lipinski definition) is 1. The molecule has 0 spiro atoms. The highest BCUT2D eigenvalue weighted by atomic mass is 16.7. The van der Waals surface area contributed by atoms with Crippen LogP contribution in [0.1, 0.15) is 12.8 Å². The second kappa shape index (κ2) is 1.94. The van der Waals surface area contributed by atoms with Crippen molar-refractivity contribution in [1.29, 1.82) is 0 Å². The van der Waals surface area contributed by atoms with Crippen molar-refractivity contribution in [2.45, 2.75) is 12.8 Å². The Labute approximate surface area is 59.1 Å². The maximum absolute atomic E-state index is 5.62. The first kappa shape index (κ1) is 5.65. The predicted molar refractivity (Wildman–Crippen MR) is 35.6 cm³/mol. The molecule has 1 aliphatic carbocycles. The van der Waals surface area contributed by atoms with Crippen LogP contribution in [0.15, 0.2) is 23.3 Å². The highest BCUT2D eigenvalue weighted by Gasteiger charge is 2.21. The SMILES string of the molecule is NC1=CCCC2=C1OCO2. The summed E-state index contributed by atoms with van der Waals surface area (Å²) in [5.74, 6) is 1.67. The molecule has 54 valence electrons. The van der Waals surface area contributed by atoms with Crippen molar-refractivity contribution in [3.05, 3.63) is 23.3 Å². The van der Waals surface area contributed by atoms with Gasteiger partial charge < -0.3 is 15.2 Å². The predicted octanol–water partition coefficient (Wildman–Crippen LogP) is 0.839. The van der Waals surface area contributed by atoms with E-state index in [-0.39, 0.29) is 0 Å². The monoisotopic (exact) mass is 139 g/mol. The molecular formula is C7H9NO2. The fourth-order valence-corrected chi connectivity index (χ4v) is 1.19. The van der Waals surface area contributed by atoms with E-state index in [0.717, 1.165) is 30.1 Å². The molecule has 0 aromatic heterocycles. The fraction of sp³-hybridized carbons (Fsp3) is 0.429. The summed E-state index contributed by atoms with van der Waals surface area (Å²) in [6, 6.07) is 0. The van der Waals surface area contributed by atoms with Gasteiger partial charge in [0.15, 0.2) is 5.76 Å². The first-order valence-electron chi connectivity index (χ1n) is 3.32. The Morgan fingerprint density at radius 2 is 2.30 bits per heavy atom. The van der Waals surface area contributed by atoms with E-state index in [2.05, 4.69) is 0 Å². The summed E-state index contributed by atoms with van der Waals surface area (Å²) >= 11 is 0. The summed E-state index contributed by atoms with van der Waals surface area (Å²) in [4.78, 5) is 0. The Balaban J connectivity index is 2.33. The molecule has 2 aliphatic rings. The summed E-state index contributed by atoms with van der Waals surface area (Å²) < 4.78 is 10.3. The standard InChI is InChI=1S/C7H9NO2/c8-5-2-1-3-6-7(5)10-4-9-6/h2H,1,3-4,8H2. The van der Waals surface area contributed by atoms with Crippen molar-refractivity contribution in [1.82, 2.24) is 0 Å². The molecule has 10 heavy (non-hydrogen) atoms. The van der Waals surface area contributed by atoms with Gasteiger partial charge in [-0.05, 0) is 6.42 Å². The highest BCUT2D eigenvalue weighted by Crippen LogP contribution is 2.28. The van der Waals surface area contributed by atoms with Gasteiger partial charge in [-0.1, -0.05) is 6.08 Å². The number of rotatable bonds is 0. The number of nitrogens with two attached hydrogens (primary N) is 1. The molecule has 3 nitrogen and oxygen atoms in total. The molecule has 0 radical (unpaired) electrons. The van der Waals surface area contributed by atoms with Gasteiger partial charge in [0.25, 0.3) is 0 Å². The summed E-state index contributed by atoms with van der Waals surface area (Å²) in [5.41, 5.74) is 6.34. The molecule has 3 heteroatoms. The number of ether oxygens (including phenoxy) is 2. The normalized spacial score (nSPS) is 23.0. The zero-order chi connectivity index (χ0) is 6.97. The van der Waals surface area contributed by atoms with Crippen LogP contribution < -0.4 is 5.73 Å². The third-order valence-electron chi connectivity index (χ3n) is 1.69. The second-order valence-electron chi connectivity index (χ2n) is 2.36. The lowest BCUT2D eigenvalue weighted by molar-refractivity contribution is 0.0719. The lowest BCUT2D eigenvalue weighted by Gasteiger charge is -2.07. The lowest BCUT2D eigenvalue weighted by Crippen LogP contribution is -2.06. The van der Waals surface area contributed by atoms with E-state index in [1.54, 1.807) is 0 Å². The molecule has 0 bridgehead atoms. The topological polar surface area (TPSA) is 44.5 Å². The van der Waals surface area contributed by atoms with Gasteiger partial charge in [0.2, 0.25) is 6.79 Å². The Morgan fingerprint density at radius 3 is 3.10 bits per heavy atom. The first-order chi connectivity index (χ1) is 4.88. The Hall–Kier alpha value is -1.12. The Morgan fingerprint density at radius 1 is 1.40 bits per heavy atom. The number of allylic oxidation sites excluding steroid dienone is 2. The minimum absolute atomic E-state index is 0.333. The van der Waals surface area contributed by atoms with Crippen molar-refractivity contribution in [3.63, 3.8) is 0 Å². The molecule has 0 aromatic carbocycles. The smallest absolute Gasteiger partial charge is 0.230 e. The average molecular weight is 139 g/mol. The van der Waals surface area contributed by atoms with E-state index < -0.39 is 0 Å². The van der Waals surface area contributed by atoms with Crippen LogP contribution in [0.25, 0.3) is 0 Å². The van der Waals surface area contributed by atoms with Crippen LogP contribution in [0, 0.1) is 0 Å². The van der Waals surface area contributed by atoms with Crippen LogP contribution in [-0.2, 0) is 9.47 Å². The van der Waals surface area contributed by atoms with Crippen LogP contribution in [0.3, 0.4) is 0 Å².